The topological polar surface area (TPSA) is 27.7 Å². The summed E-state index contributed by atoms with van der Waals surface area (Å²) >= 11 is 0. The van der Waals surface area contributed by atoms with Gasteiger partial charge in [-0.25, -0.2) is 0 Å². The summed E-state index contributed by atoms with van der Waals surface area (Å²) in [6.07, 6.45) is 6.23. The Kier molecular flexibility index (Phi) is 12.6. The molecule has 0 saturated heterocycles. The van der Waals surface area contributed by atoms with E-state index >= 15 is 0 Å². The maximum atomic E-state index is 5.78. The fourth-order valence-electron chi connectivity index (χ4n) is 1.48. The van der Waals surface area contributed by atoms with E-state index in [1.165, 1.54) is 0 Å². The molecule has 0 aromatic heterocycles. The van der Waals surface area contributed by atoms with Gasteiger partial charge >= 0.3 is 8.80 Å². The molecule has 6 heteroatoms. The number of hydrogen-bond donors (Lipinski definition) is 0. The van der Waals surface area contributed by atoms with Crippen molar-refractivity contribution >= 4 is 30.4 Å². The van der Waals surface area contributed by atoms with Gasteiger partial charge in [-0.2, -0.15) is 0 Å². The van der Waals surface area contributed by atoms with E-state index in [9.17, 15) is 0 Å². The minimum atomic E-state index is -2.43. The Hall–Kier alpha value is 0.357. The van der Waals surface area contributed by atoms with Crippen molar-refractivity contribution < 1.29 is 13.3 Å². The lowest BCUT2D eigenvalue weighted by molar-refractivity contribution is 0.0712. The van der Waals surface area contributed by atoms with Crippen molar-refractivity contribution in [3.05, 3.63) is 0 Å². The molecular formula is C12H24O3S2Si. The molecule has 0 N–H and O–H groups in total. The molecular weight excluding hydrogens is 284 g/mol. The van der Waals surface area contributed by atoms with Gasteiger partial charge in [0.2, 0.25) is 0 Å². The molecule has 0 amide bonds. The second-order valence-electron chi connectivity index (χ2n) is 3.37. The highest BCUT2D eigenvalue weighted by Crippen LogP contribution is 2.25. The molecule has 3 nitrogen and oxygen atoms in total. The van der Waals surface area contributed by atoms with Crippen LogP contribution in [0.5, 0.6) is 0 Å². The molecule has 18 heavy (non-hydrogen) atoms. The molecule has 0 bridgehead atoms. The summed E-state index contributed by atoms with van der Waals surface area (Å²) in [6, 6.07) is 0.881. The summed E-state index contributed by atoms with van der Waals surface area (Å²) in [5, 5.41) is 0. The van der Waals surface area contributed by atoms with Crippen LogP contribution in [0.2, 0.25) is 6.04 Å². The van der Waals surface area contributed by atoms with E-state index < -0.39 is 8.80 Å². The Bertz CT molecular complexity index is 217. The SMILES string of the molecule is C#CCSSCCC[Si](OCC)(OCC)OCC. The molecule has 0 fully saturated rings. The first kappa shape index (κ1) is 18.4. The highest BCUT2D eigenvalue weighted by Gasteiger charge is 2.39. The molecule has 0 atom stereocenters. The number of hydrogen-bond acceptors (Lipinski definition) is 5. The number of rotatable bonds is 12. The van der Waals surface area contributed by atoms with Crippen molar-refractivity contribution in [1.29, 1.82) is 0 Å². The summed E-state index contributed by atoms with van der Waals surface area (Å²) in [5.74, 6) is 4.42. The van der Waals surface area contributed by atoms with Gasteiger partial charge in [0.25, 0.3) is 0 Å². The smallest absolute Gasteiger partial charge is 0.374 e. The van der Waals surface area contributed by atoms with Crippen LogP contribution in [0.15, 0.2) is 0 Å². The second kappa shape index (κ2) is 12.4. The van der Waals surface area contributed by atoms with Crippen LogP contribution in [0, 0.1) is 12.3 Å². The lowest BCUT2D eigenvalue weighted by Gasteiger charge is -2.28. The van der Waals surface area contributed by atoms with Gasteiger partial charge in [0.05, 0.1) is 5.75 Å². The predicted octanol–water partition coefficient (Wildman–Crippen LogP) is 3.44. The van der Waals surface area contributed by atoms with Crippen molar-refractivity contribution in [2.75, 3.05) is 31.3 Å². The fourth-order valence-corrected chi connectivity index (χ4v) is 6.04. The Labute approximate surface area is 120 Å². The Morgan fingerprint density at radius 1 is 1.00 bits per heavy atom. The largest absolute Gasteiger partial charge is 0.500 e. The molecule has 106 valence electrons. The average molecular weight is 309 g/mol. The quantitative estimate of drug-likeness (QED) is 0.238. The van der Waals surface area contributed by atoms with E-state index in [1.807, 2.05) is 20.8 Å². The van der Waals surface area contributed by atoms with E-state index in [4.69, 9.17) is 19.7 Å². The minimum Gasteiger partial charge on any atom is -0.374 e. The summed E-state index contributed by atoms with van der Waals surface area (Å²) in [4.78, 5) is 0. The van der Waals surface area contributed by atoms with Crippen molar-refractivity contribution in [3.63, 3.8) is 0 Å². The van der Waals surface area contributed by atoms with Gasteiger partial charge < -0.3 is 13.3 Å². The van der Waals surface area contributed by atoms with Gasteiger partial charge in [-0.15, -0.1) is 6.42 Å². The highest BCUT2D eigenvalue weighted by molar-refractivity contribution is 8.76. The van der Waals surface area contributed by atoms with Crippen LogP contribution in [-0.4, -0.2) is 40.1 Å². The first-order valence-electron chi connectivity index (χ1n) is 6.34. The first-order chi connectivity index (χ1) is 8.74. The van der Waals surface area contributed by atoms with Crippen LogP contribution in [0.4, 0.5) is 0 Å². The molecule has 0 heterocycles. The third kappa shape index (κ3) is 8.46. The third-order valence-corrected chi connectivity index (χ3v) is 7.44. The summed E-state index contributed by atoms with van der Waals surface area (Å²) in [6.45, 7) is 7.88. The molecule has 0 radical (unpaired) electrons. The van der Waals surface area contributed by atoms with Crippen molar-refractivity contribution in [2.24, 2.45) is 0 Å². The van der Waals surface area contributed by atoms with Crippen LogP contribution >= 0.6 is 21.6 Å². The molecule has 0 saturated carbocycles. The van der Waals surface area contributed by atoms with Crippen molar-refractivity contribution in [1.82, 2.24) is 0 Å². The molecule has 0 aromatic rings. The molecule has 0 aliphatic carbocycles. The molecule has 0 spiro atoms. The molecule has 0 aliphatic rings. The minimum absolute atomic E-state index is 0.644. The van der Waals surface area contributed by atoms with Gasteiger partial charge in [0.1, 0.15) is 0 Å². The zero-order valence-electron chi connectivity index (χ0n) is 11.6. The standard InChI is InChI=1S/C12H24O3S2Si/c1-5-10-16-17-11-9-12-18(13-6-2,14-7-3)15-8-4/h1H,6-12H2,2-4H3. The predicted molar refractivity (Wildman–Crippen MR) is 83.8 cm³/mol. The second-order valence-corrected chi connectivity index (χ2v) is 8.69. The third-order valence-electron chi connectivity index (χ3n) is 2.03. The summed E-state index contributed by atoms with van der Waals surface area (Å²) in [7, 11) is 1.09. The lowest BCUT2D eigenvalue weighted by Crippen LogP contribution is -2.46. The Morgan fingerprint density at radius 3 is 2.00 bits per heavy atom. The van der Waals surface area contributed by atoms with Gasteiger partial charge in [-0.1, -0.05) is 27.5 Å². The molecule has 0 aliphatic heterocycles. The molecule has 0 rings (SSSR count). The van der Waals surface area contributed by atoms with Gasteiger partial charge in [0, 0.05) is 31.6 Å². The van der Waals surface area contributed by atoms with Gasteiger partial charge in [-0.3, -0.25) is 0 Å². The van der Waals surface area contributed by atoms with Crippen molar-refractivity contribution in [3.8, 4) is 12.3 Å². The van der Waals surface area contributed by atoms with E-state index in [-0.39, 0.29) is 0 Å². The zero-order valence-corrected chi connectivity index (χ0v) is 14.2. The number of terminal acetylenes is 1. The van der Waals surface area contributed by atoms with E-state index in [1.54, 1.807) is 21.6 Å². The maximum absolute atomic E-state index is 5.78. The Balaban J connectivity index is 4.01. The van der Waals surface area contributed by atoms with Crippen LogP contribution in [0.1, 0.15) is 27.2 Å². The zero-order chi connectivity index (χ0) is 13.7. The lowest BCUT2D eigenvalue weighted by atomic mass is 10.6. The van der Waals surface area contributed by atoms with E-state index in [2.05, 4.69) is 5.92 Å². The van der Waals surface area contributed by atoms with E-state index in [0.29, 0.717) is 19.8 Å². The summed E-state index contributed by atoms with van der Waals surface area (Å²) in [5.41, 5.74) is 0. The van der Waals surface area contributed by atoms with Gasteiger partial charge in [-0.05, 0) is 27.2 Å². The van der Waals surface area contributed by atoms with E-state index in [0.717, 1.165) is 24.0 Å². The van der Waals surface area contributed by atoms with Crippen LogP contribution in [0.25, 0.3) is 0 Å². The summed E-state index contributed by atoms with van der Waals surface area (Å²) < 4.78 is 17.4. The fraction of sp³-hybridized carbons (Fsp3) is 0.833. The average Bonchev–Trinajstić information content (AvgIpc) is 2.35. The highest BCUT2D eigenvalue weighted by atomic mass is 33.1. The first-order valence-corrected chi connectivity index (χ1v) is 10.8. The van der Waals surface area contributed by atoms with Crippen LogP contribution in [-0.2, 0) is 13.3 Å². The monoisotopic (exact) mass is 308 g/mol. The normalized spacial score (nSPS) is 11.4. The van der Waals surface area contributed by atoms with Crippen LogP contribution in [0.3, 0.4) is 0 Å². The molecule has 0 unspecified atom stereocenters. The van der Waals surface area contributed by atoms with Gasteiger partial charge in [0.15, 0.2) is 0 Å². The molecule has 0 aromatic carbocycles. The maximum Gasteiger partial charge on any atom is 0.500 e. The van der Waals surface area contributed by atoms with Crippen molar-refractivity contribution in [2.45, 2.75) is 33.2 Å². The Morgan fingerprint density at radius 2 is 1.56 bits per heavy atom. The van der Waals surface area contributed by atoms with Crippen LogP contribution < -0.4 is 0 Å².